The number of rotatable bonds is 4. The van der Waals surface area contributed by atoms with E-state index in [0.29, 0.717) is 17.5 Å². The van der Waals surface area contributed by atoms with E-state index in [-0.39, 0.29) is 0 Å². The molecular formula is C43H25N3O2. The molecule has 48 heavy (non-hydrogen) atoms. The van der Waals surface area contributed by atoms with Gasteiger partial charge in [0, 0.05) is 43.8 Å². The summed E-state index contributed by atoms with van der Waals surface area (Å²) in [6.07, 6.45) is 0. The molecule has 224 valence electrons. The van der Waals surface area contributed by atoms with Gasteiger partial charge >= 0.3 is 0 Å². The predicted molar refractivity (Wildman–Crippen MR) is 194 cm³/mol. The van der Waals surface area contributed by atoms with Crippen LogP contribution < -0.4 is 0 Å². The molecule has 0 bridgehead atoms. The van der Waals surface area contributed by atoms with Gasteiger partial charge in [-0.05, 0) is 52.7 Å². The maximum atomic E-state index is 6.87. The maximum absolute atomic E-state index is 6.87. The van der Waals surface area contributed by atoms with E-state index < -0.39 is 0 Å². The van der Waals surface area contributed by atoms with Crippen molar-refractivity contribution in [3.63, 3.8) is 0 Å². The highest BCUT2D eigenvalue weighted by atomic mass is 16.3. The molecule has 0 fully saturated rings. The summed E-state index contributed by atoms with van der Waals surface area (Å²) in [6.45, 7) is 0. The minimum absolute atomic E-state index is 0.585. The molecule has 0 atom stereocenters. The molecule has 10 aromatic rings. The molecule has 0 saturated heterocycles. The fourth-order valence-electron chi connectivity index (χ4n) is 6.89. The number of hydrogen-bond donors (Lipinski definition) is 0. The Hall–Kier alpha value is -6.59. The van der Waals surface area contributed by atoms with E-state index in [1.807, 2.05) is 84.9 Å². The number of benzene rings is 7. The zero-order valence-corrected chi connectivity index (χ0v) is 25.6. The van der Waals surface area contributed by atoms with Crippen LogP contribution in [0, 0.1) is 0 Å². The van der Waals surface area contributed by atoms with Crippen molar-refractivity contribution in [3.8, 4) is 45.3 Å². The summed E-state index contributed by atoms with van der Waals surface area (Å²) < 4.78 is 13.2. The first kappa shape index (κ1) is 26.6. The Bertz CT molecular complexity index is 2780. The summed E-state index contributed by atoms with van der Waals surface area (Å²) >= 11 is 0. The van der Waals surface area contributed by atoms with Gasteiger partial charge < -0.3 is 8.83 Å². The lowest BCUT2D eigenvalue weighted by atomic mass is 9.94. The van der Waals surface area contributed by atoms with Crippen LogP contribution in [0.2, 0.25) is 0 Å². The van der Waals surface area contributed by atoms with Gasteiger partial charge in [0.2, 0.25) is 0 Å². The van der Waals surface area contributed by atoms with Crippen molar-refractivity contribution in [1.29, 1.82) is 0 Å². The summed E-state index contributed by atoms with van der Waals surface area (Å²) in [5.74, 6) is 1.82. The second-order valence-electron chi connectivity index (χ2n) is 12.0. The molecule has 0 N–H and O–H groups in total. The molecule has 7 aromatic carbocycles. The monoisotopic (exact) mass is 615 g/mol. The second-order valence-corrected chi connectivity index (χ2v) is 12.0. The molecular weight excluding hydrogens is 590 g/mol. The normalized spacial score (nSPS) is 11.8. The second kappa shape index (κ2) is 10.5. The van der Waals surface area contributed by atoms with E-state index in [9.17, 15) is 0 Å². The standard InChI is InChI=1S/C43H25N3O2/c1-3-12-26(13-4-1)41-44-42(27-14-5-2-6-15-27)46-43(45-41)33-23-22-31(30-19-11-21-36-38(30)32-18-9-10-20-35(32)47-36)40-39(33)34-24-28-16-7-8-17-29(28)25-37(34)48-40/h1-25H. The van der Waals surface area contributed by atoms with Gasteiger partial charge in [-0.1, -0.05) is 115 Å². The van der Waals surface area contributed by atoms with Crippen molar-refractivity contribution in [2.75, 3.05) is 0 Å². The Kier molecular flexibility index (Phi) is 5.81. The fourth-order valence-corrected chi connectivity index (χ4v) is 6.89. The van der Waals surface area contributed by atoms with Crippen LogP contribution in [-0.4, -0.2) is 15.0 Å². The van der Waals surface area contributed by atoms with E-state index in [1.54, 1.807) is 0 Å². The largest absolute Gasteiger partial charge is 0.456 e. The van der Waals surface area contributed by atoms with Gasteiger partial charge in [0.15, 0.2) is 17.5 Å². The molecule has 0 aliphatic heterocycles. The first-order chi connectivity index (χ1) is 23.8. The molecule has 0 saturated carbocycles. The third-order valence-corrected chi connectivity index (χ3v) is 9.12. The summed E-state index contributed by atoms with van der Waals surface area (Å²) in [7, 11) is 0. The number of nitrogens with zero attached hydrogens (tertiary/aromatic N) is 3. The number of hydrogen-bond acceptors (Lipinski definition) is 5. The van der Waals surface area contributed by atoms with Crippen LogP contribution in [0.25, 0.3) is 99.9 Å². The molecule has 0 aliphatic carbocycles. The van der Waals surface area contributed by atoms with Crippen LogP contribution in [0.5, 0.6) is 0 Å². The lowest BCUT2D eigenvalue weighted by molar-refractivity contribution is 0.669. The predicted octanol–water partition coefficient (Wildman–Crippen LogP) is 11.5. The molecule has 0 spiro atoms. The highest BCUT2D eigenvalue weighted by molar-refractivity contribution is 6.21. The molecule has 5 nitrogen and oxygen atoms in total. The van der Waals surface area contributed by atoms with Crippen molar-refractivity contribution < 1.29 is 8.83 Å². The van der Waals surface area contributed by atoms with Gasteiger partial charge in [0.1, 0.15) is 22.3 Å². The Morgan fingerprint density at radius 2 is 0.958 bits per heavy atom. The van der Waals surface area contributed by atoms with Gasteiger partial charge in [-0.15, -0.1) is 0 Å². The van der Waals surface area contributed by atoms with Crippen molar-refractivity contribution in [2.24, 2.45) is 0 Å². The van der Waals surface area contributed by atoms with Crippen molar-refractivity contribution in [1.82, 2.24) is 15.0 Å². The topological polar surface area (TPSA) is 65.0 Å². The Balaban J connectivity index is 1.31. The minimum Gasteiger partial charge on any atom is -0.456 e. The summed E-state index contributed by atoms with van der Waals surface area (Å²) in [5.41, 5.74) is 8.03. The molecule has 3 aromatic heterocycles. The summed E-state index contributed by atoms with van der Waals surface area (Å²) in [5, 5.41) is 6.35. The molecule has 0 unspecified atom stereocenters. The van der Waals surface area contributed by atoms with Gasteiger partial charge in [0.25, 0.3) is 0 Å². The van der Waals surface area contributed by atoms with Crippen LogP contribution in [0.1, 0.15) is 0 Å². The zero-order valence-electron chi connectivity index (χ0n) is 25.6. The van der Waals surface area contributed by atoms with Crippen LogP contribution in [0.3, 0.4) is 0 Å². The number of furan rings is 2. The van der Waals surface area contributed by atoms with Crippen molar-refractivity contribution in [3.05, 3.63) is 152 Å². The first-order valence-electron chi connectivity index (χ1n) is 15.9. The van der Waals surface area contributed by atoms with Gasteiger partial charge in [-0.3, -0.25) is 0 Å². The lowest BCUT2D eigenvalue weighted by Crippen LogP contribution is -2.00. The summed E-state index contributed by atoms with van der Waals surface area (Å²) in [4.78, 5) is 15.1. The Morgan fingerprint density at radius 1 is 0.354 bits per heavy atom. The summed E-state index contributed by atoms with van der Waals surface area (Å²) in [6, 6.07) is 51.5. The molecule has 3 heterocycles. The molecule has 5 heteroatoms. The fraction of sp³-hybridized carbons (Fsp3) is 0. The van der Waals surface area contributed by atoms with Crippen LogP contribution in [0.15, 0.2) is 160 Å². The van der Waals surface area contributed by atoms with Gasteiger partial charge in [0.05, 0.1) is 0 Å². The molecule has 10 rings (SSSR count). The SMILES string of the molecule is c1ccc(-c2nc(-c3ccccc3)nc(-c3ccc(-c4cccc5oc6ccccc6c45)c4oc5cc6ccccc6cc5c34)n2)cc1. The van der Waals surface area contributed by atoms with E-state index >= 15 is 0 Å². The minimum atomic E-state index is 0.585. The van der Waals surface area contributed by atoms with E-state index in [2.05, 4.69) is 66.7 Å². The van der Waals surface area contributed by atoms with E-state index in [1.165, 1.54) is 0 Å². The third kappa shape index (κ3) is 4.15. The Labute approximate surface area is 274 Å². The average Bonchev–Trinajstić information content (AvgIpc) is 3.72. The lowest BCUT2D eigenvalue weighted by Gasteiger charge is -2.11. The smallest absolute Gasteiger partial charge is 0.164 e. The molecule has 0 aliphatic rings. The van der Waals surface area contributed by atoms with Crippen molar-refractivity contribution in [2.45, 2.75) is 0 Å². The first-order valence-corrected chi connectivity index (χ1v) is 15.9. The van der Waals surface area contributed by atoms with Crippen LogP contribution in [0.4, 0.5) is 0 Å². The highest BCUT2D eigenvalue weighted by Gasteiger charge is 2.23. The third-order valence-electron chi connectivity index (χ3n) is 9.12. The highest BCUT2D eigenvalue weighted by Crippen LogP contribution is 2.45. The zero-order chi connectivity index (χ0) is 31.6. The average molecular weight is 616 g/mol. The quantitative estimate of drug-likeness (QED) is 0.197. The Morgan fingerprint density at radius 3 is 1.71 bits per heavy atom. The van der Waals surface area contributed by atoms with Gasteiger partial charge in [-0.25, -0.2) is 15.0 Å². The number of aromatic nitrogens is 3. The van der Waals surface area contributed by atoms with Crippen molar-refractivity contribution >= 4 is 54.6 Å². The molecule has 0 amide bonds. The van der Waals surface area contributed by atoms with Gasteiger partial charge in [-0.2, -0.15) is 0 Å². The van der Waals surface area contributed by atoms with Crippen LogP contribution >= 0.6 is 0 Å². The van der Waals surface area contributed by atoms with E-state index in [4.69, 9.17) is 23.8 Å². The maximum Gasteiger partial charge on any atom is 0.164 e. The van der Waals surface area contributed by atoms with E-state index in [0.717, 1.165) is 82.5 Å². The number of para-hydroxylation sites is 1. The molecule has 0 radical (unpaired) electrons. The van der Waals surface area contributed by atoms with Crippen LogP contribution in [-0.2, 0) is 0 Å². The number of fused-ring (bicyclic) bond motifs is 7.